The highest BCUT2D eigenvalue weighted by atomic mass is 127. The third-order valence-electron chi connectivity index (χ3n) is 2.98. The first-order chi connectivity index (χ1) is 8.79. The summed E-state index contributed by atoms with van der Waals surface area (Å²) in [5, 5.41) is 2.27. The summed E-state index contributed by atoms with van der Waals surface area (Å²) in [5.74, 6) is 1.68. The van der Waals surface area contributed by atoms with Crippen molar-refractivity contribution in [3.8, 4) is 11.5 Å². The van der Waals surface area contributed by atoms with Crippen LogP contribution in [-0.2, 0) is 11.3 Å². The van der Waals surface area contributed by atoms with Crippen LogP contribution in [0.1, 0.15) is 12.5 Å². The molecule has 4 heteroatoms. The lowest BCUT2D eigenvalue weighted by Crippen LogP contribution is -1.95. The number of halogens is 1. The topological polar surface area (TPSA) is 27.7 Å². The minimum atomic E-state index is 0.311. The number of hydrogen-bond acceptors (Lipinski definition) is 3. The molecule has 0 bridgehead atoms. The first-order valence-corrected chi connectivity index (χ1v) is 6.96. The van der Waals surface area contributed by atoms with E-state index in [1.165, 1.54) is 9.13 Å². The van der Waals surface area contributed by atoms with Crippen LogP contribution in [0, 0.1) is 3.57 Å². The molecular weight excluding hydrogens is 343 g/mol. The Hall–Kier alpha value is -1.01. The van der Waals surface area contributed by atoms with E-state index in [1.54, 1.807) is 0 Å². The van der Waals surface area contributed by atoms with Crippen LogP contribution in [0.2, 0.25) is 0 Å². The second-order valence-electron chi connectivity index (χ2n) is 4.10. The Bertz CT molecular complexity index is 595. The molecule has 0 amide bonds. The minimum Gasteiger partial charge on any atom is -0.454 e. The van der Waals surface area contributed by atoms with Gasteiger partial charge in [0.1, 0.15) is 0 Å². The molecule has 2 aromatic carbocycles. The normalized spacial score (nSPS) is 13.2. The Morgan fingerprint density at radius 1 is 1.28 bits per heavy atom. The number of rotatable bonds is 3. The van der Waals surface area contributed by atoms with E-state index < -0.39 is 0 Å². The fraction of sp³-hybridized carbons (Fsp3) is 0.286. The zero-order valence-electron chi connectivity index (χ0n) is 10.0. The number of hydrogen-bond donors (Lipinski definition) is 0. The molecule has 1 aliphatic heterocycles. The standard InChI is InChI=1S/C14H13IO3/c1-2-16-7-10-5-9-3-4-13-14(18-8-17-13)11(9)6-12(10)15/h3-6H,2,7-8H2,1H3. The van der Waals surface area contributed by atoms with E-state index in [2.05, 4.69) is 40.8 Å². The predicted molar refractivity (Wildman–Crippen MR) is 78.1 cm³/mol. The third-order valence-corrected chi connectivity index (χ3v) is 3.98. The lowest BCUT2D eigenvalue weighted by atomic mass is 10.1. The van der Waals surface area contributed by atoms with Gasteiger partial charge in [0.05, 0.1) is 6.61 Å². The molecule has 3 nitrogen and oxygen atoms in total. The molecule has 18 heavy (non-hydrogen) atoms. The molecule has 0 saturated heterocycles. The zero-order valence-corrected chi connectivity index (χ0v) is 12.2. The van der Waals surface area contributed by atoms with Crippen molar-refractivity contribution in [3.05, 3.63) is 33.4 Å². The molecular formula is C14H13IO3. The number of ether oxygens (including phenoxy) is 3. The summed E-state index contributed by atoms with van der Waals surface area (Å²) in [4.78, 5) is 0. The lowest BCUT2D eigenvalue weighted by Gasteiger charge is -2.09. The summed E-state index contributed by atoms with van der Waals surface area (Å²) in [6.45, 7) is 3.70. The van der Waals surface area contributed by atoms with Crippen molar-refractivity contribution in [2.45, 2.75) is 13.5 Å². The molecule has 3 rings (SSSR count). The Labute approximate surface area is 119 Å². The van der Waals surface area contributed by atoms with Gasteiger partial charge in [-0.15, -0.1) is 0 Å². The van der Waals surface area contributed by atoms with Gasteiger partial charge in [0.25, 0.3) is 0 Å². The summed E-state index contributed by atoms with van der Waals surface area (Å²) in [6, 6.07) is 8.32. The monoisotopic (exact) mass is 356 g/mol. The van der Waals surface area contributed by atoms with Crippen molar-refractivity contribution < 1.29 is 14.2 Å². The van der Waals surface area contributed by atoms with Gasteiger partial charge in [-0.2, -0.15) is 0 Å². The minimum absolute atomic E-state index is 0.311. The second-order valence-corrected chi connectivity index (χ2v) is 5.26. The second kappa shape index (κ2) is 4.93. The summed E-state index contributed by atoms with van der Waals surface area (Å²) in [6.07, 6.45) is 0. The highest BCUT2D eigenvalue weighted by Crippen LogP contribution is 2.40. The van der Waals surface area contributed by atoms with E-state index in [9.17, 15) is 0 Å². The van der Waals surface area contributed by atoms with Gasteiger partial charge in [0.15, 0.2) is 11.5 Å². The van der Waals surface area contributed by atoms with Crippen LogP contribution in [0.5, 0.6) is 11.5 Å². The fourth-order valence-corrected chi connectivity index (χ4v) is 2.71. The van der Waals surface area contributed by atoms with Gasteiger partial charge in [-0.25, -0.2) is 0 Å². The first kappa shape index (κ1) is 12.0. The molecule has 1 heterocycles. The Morgan fingerprint density at radius 2 is 2.17 bits per heavy atom. The highest BCUT2D eigenvalue weighted by Gasteiger charge is 2.17. The molecule has 0 saturated carbocycles. The van der Waals surface area contributed by atoms with E-state index in [-0.39, 0.29) is 0 Å². The quantitative estimate of drug-likeness (QED) is 0.785. The SMILES string of the molecule is CCOCc1cc2ccc3c(c2cc1I)OCO3. The Balaban J connectivity index is 2.11. The van der Waals surface area contributed by atoms with Gasteiger partial charge in [0.2, 0.25) is 6.79 Å². The smallest absolute Gasteiger partial charge is 0.231 e. The number of fused-ring (bicyclic) bond motifs is 3. The summed E-state index contributed by atoms with van der Waals surface area (Å²) >= 11 is 2.34. The van der Waals surface area contributed by atoms with Crippen molar-refractivity contribution in [3.63, 3.8) is 0 Å². The van der Waals surface area contributed by atoms with Gasteiger partial charge in [-0.3, -0.25) is 0 Å². The molecule has 0 radical (unpaired) electrons. The van der Waals surface area contributed by atoms with E-state index in [4.69, 9.17) is 14.2 Å². The number of benzene rings is 2. The van der Waals surface area contributed by atoms with Crippen molar-refractivity contribution in [2.24, 2.45) is 0 Å². The van der Waals surface area contributed by atoms with Crippen molar-refractivity contribution in [1.82, 2.24) is 0 Å². The molecule has 0 aliphatic carbocycles. The van der Waals surface area contributed by atoms with Gasteiger partial charge < -0.3 is 14.2 Å². The predicted octanol–water partition coefficient (Wildman–Crippen LogP) is 3.71. The van der Waals surface area contributed by atoms with Crippen molar-refractivity contribution in [2.75, 3.05) is 13.4 Å². The molecule has 94 valence electrons. The van der Waals surface area contributed by atoms with E-state index in [0.29, 0.717) is 13.4 Å². The van der Waals surface area contributed by atoms with Gasteiger partial charge in [0, 0.05) is 15.6 Å². The molecule has 0 aromatic heterocycles. The van der Waals surface area contributed by atoms with E-state index in [0.717, 1.165) is 28.9 Å². The summed E-state index contributed by atoms with van der Waals surface area (Å²) in [7, 11) is 0. The Morgan fingerprint density at radius 3 is 3.00 bits per heavy atom. The Kier molecular flexibility index (Phi) is 3.30. The molecule has 0 spiro atoms. The van der Waals surface area contributed by atoms with Crippen LogP contribution >= 0.6 is 22.6 Å². The fourth-order valence-electron chi connectivity index (χ4n) is 2.08. The van der Waals surface area contributed by atoms with Crippen LogP contribution in [0.3, 0.4) is 0 Å². The van der Waals surface area contributed by atoms with Crippen LogP contribution in [0.15, 0.2) is 24.3 Å². The van der Waals surface area contributed by atoms with Gasteiger partial charge in [-0.1, -0.05) is 6.07 Å². The maximum atomic E-state index is 5.53. The van der Waals surface area contributed by atoms with Crippen molar-refractivity contribution >= 4 is 33.4 Å². The summed E-state index contributed by atoms with van der Waals surface area (Å²) in [5.41, 5.74) is 1.21. The summed E-state index contributed by atoms with van der Waals surface area (Å²) < 4.78 is 17.6. The van der Waals surface area contributed by atoms with Crippen LogP contribution in [-0.4, -0.2) is 13.4 Å². The third kappa shape index (κ3) is 2.03. The lowest BCUT2D eigenvalue weighted by molar-refractivity contribution is 0.133. The van der Waals surface area contributed by atoms with Crippen molar-refractivity contribution in [1.29, 1.82) is 0 Å². The van der Waals surface area contributed by atoms with Crippen LogP contribution in [0.25, 0.3) is 10.8 Å². The van der Waals surface area contributed by atoms with Gasteiger partial charge in [-0.05, 0) is 58.7 Å². The van der Waals surface area contributed by atoms with E-state index in [1.807, 2.05) is 13.0 Å². The largest absolute Gasteiger partial charge is 0.454 e. The molecule has 2 aromatic rings. The van der Waals surface area contributed by atoms with E-state index >= 15 is 0 Å². The average Bonchev–Trinajstić information content (AvgIpc) is 2.85. The molecule has 0 fully saturated rings. The first-order valence-electron chi connectivity index (χ1n) is 5.88. The van der Waals surface area contributed by atoms with Crippen LogP contribution < -0.4 is 9.47 Å². The zero-order chi connectivity index (χ0) is 12.5. The average molecular weight is 356 g/mol. The van der Waals surface area contributed by atoms with Crippen LogP contribution in [0.4, 0.5) is 0 Å². The maximum Gasteiger partial charge on any atom is 0.231 e. The van der Waals surface area contributed by atoms with Gasteiger partial charge >= 0.3 is 0 Å². The molecule has 1 aliphatic rings. The highest BCUT2D eigenvalue weighted by molar-refractivity contribution is 14.1. The molecule has 0 unspecified atom stereocenters. The molecule has 0 N–H and O–H groups in total. The maximum absolute atomic E-state index is 5.53. The molecule has 0 atom stereocenters.